The minimum atomic E-state index is -0.0751. The zero-order chi connectivity index (χ0) is 13.5. The molecule has 1 heterocycles. The quantitative estimate of drug-likeness (QED) is 0.780. The lowest BCUT2D eigenvalue weighted by molar-refractivity contribution is -0.116. The predicted molar refractivity (Wildman–Crippen MR) is 72.6 cm³/mol. The first-order valence-electron chi connectivity index (χ1n) is 6.22. The van der Waals surface area contributed by atoms with Crippen LogP contribution in [0.4, 0.5) is 5.82 Å². The zero-order valence-corrected chi connectivity index (χ0v) is 10.8. The van der Waals surface area contributed by atoms with Gasteiger partial charge < -0.3 is 15.2 Å². The Morgan fingerprint density at radius 3 is 2.79 bits per heavy atom. The van der Waals surface area contributed by atoms with E-state index in [9.17, 15) is 4.79 Å². The largest absolute Gasteiger partial charge is 0.360 e. The van der Waals surface area contributed by atoms with Crippen LogP contribution in [0.5, 0.6) is 0 Å². The monoisotopic (exact) mass is 259 g/mol. The topological polar surface area (TPSA) is 67.2 Å². The van der Waals surface area contributed by atoms with E-state index in [2.05, 4.69) is 15.8 Å². The molecule has 1 aromatic heterocycles. The summed E-state index contributed by atoms with van der Waals surface area (Å²) in [6.07, 6.45) is 0.402. The second kappa shape index (κ2) is 6.70. The van der Waals surface area contributed by atoms with Gasteiger partial charge in [-0.15, -0.1) is 0 Å². The molecule has 100 valence electrons. The van der Waals surface area contributed by atoms with Gasteiger partial charge in [0.2, 0.25) is 5.91 Å². The molecular weight excluding hydrogens is 242 g/mol. The molecule has 0 spiro atoms. The van der Waals surface area contributed by atoms with E-state index in [0.717, 1.165) is 6.54 Å². The molecular formula is C14H17N3O2. The number of aromatic nitrogens is 1. The number of amides is 1. The van der Waals surface area contributed by atoms with E-state index < -0.39 is 0 Å². The number of benzene rings is 1. The molecule has 5 nitrogen and oxygen atoms in total. The van der Waals surface area contributed by atoms with Crippen molar-refractivity contribution in [3.8, 4) is 0 Å². The summed E-state index contributed by atoms with van der Waals surface area (Å²) in [6, 6.07) is 11.8. The maximum Gasteiger partial charge on any atom is 0.226 e. The van der Waals surface area contributed by atoms with Crippen LogP contribution in [0.15, 0.2) is 40.9 Å². The van der Waals surface area contributed by atoms with Gasteiger partial charge in [0.25, 0.3) is 0 Å². The minimum Gasteiger partial charge on any atom is -0.360 e. The SMILES string of the molecule is Cc1cc(NC(=O)CCNCc2ccccc2)no1. The number of aryl methyl sites for hydroxylation is 1. The van der Waals surface area contributed by atoms with Crippen LogP contribution < -0.4 is 10.6 Å². The molecule has 0 aliphatic heterocycles. The second-order valence-corrected chi connectivity index (χ2v) is 4.28. The molecule has 1 amide bonds. The fourth-order valence-electron chi connectivity index (χ4n) is 1.66. The summed E-state index contributed by atoms with van der Waals surface area (Å²) in [7, 11) is 0. The van der Waals surface area contributed by atoms with Crippen molar-refractivity contribution in [1.29, 1.82) is 0 Å². The number of rotatable bonds is 6. The first-order valence-corrected chi connectivity index (χ1v) is 6.22. The van der Waals surface area contributed by atoms with Crippen LogP contribution in [0, 0.1) is 6.92 Å². The van der Waals surface area contributed by atoms with Crippen molar-refractivity contribution in [2.24, 2.45) is 0 Å². The van der Waals surface area contributed by atoms with Gasteiger partial charge >= 0.3 is 0 Å². The van der Waals surface area contributed by atoms with E-state index in [1.807, 2.05) is 30.3 Å². The van der Waals surface area contributed by atoms with Crippen molar-refractivity contribution < 1.29 is 9.32 Å². The van der Waals surface area contributed by atoms with E-state index in [0.29, 0.717) is 24.5 Å². The van der Waals surface area contributed by atoms with E-state index in [1.54, 1.807) is 13.0 Å². The molecule has 5 heteroatoms. The molecule has 0 radical (unpaired) electrons. The highest BCUT2D eigenvalue weighted by atomic mass is 16.5. The number of nitrogens with one attached hydrogen (secondary N) is 2. The van der Waals surface area contributed by atoms with E-state index in [-0.39, 0.29) is 5.91 Å². The van der Waals surface area contributed by atoms with Crippen LogP contribution in [-0.2, 0) is 11.3 Å². The van der Waals surface area contributed by atoms with Gasteiger partial charge in [-0.2, -0.15) is 0 Å². The Labute approximate surface area is 112 Å². The number of carbonyl (C=O) groups excluding carboxylic acids is 1. The summed E-state index contributed by atoms with van der Waals surface area (Å²) < 4.78 is 4.87. The fraction of sp³-hybridized carbons (Fsp3) is 0.286. The summed E-state index contributed by atoms with van der Waals surface area (Å²) >= 11 is 0. The Bertz CT molecular complexity index is 522. The molecule has 1 aromatic carbocycles. The molecule has 0 bridgehead atoms. The predicted octanol–water partition coefficient (Wildman–Crippen LogP) is 2.10. The smallest absolute Gasteiger partial charge is 0.226 e. The van der Waals surface area contributed by atoms with E-state index in [1.165, 1.54) is 5.56 Å². The Balaban J connectivity index is 1.64. The molecule has 0 unspecified atom stereocenters. The van der Waals surface area contributed by atoms with Crippen molar-refractivity contribution in [2.45, 2.75) is 19.9 Å². The lowest BCUT2D eigenvalue weighted by Gasteiger charge is -2.04. The van der Waals surface area contributed by atoms with Gasteiger partial charge in [0.15, 0.2) is 5.82 Å². The maximum atomic E-state index is 11.6. The number of carbonyl (C=O) groups is 1. The van der Waals surface area contributed by atoms with Crippen LogP contribution in [-0.4, -0.2) is 17.6 Å². The number of anilines is 1. The summed E-state index contributed by atoms with van der Waals surface area (Å²) in [5.74, 6) is 1.07. The van der Waals surface area contributed by atoms with Crippen molar-refractivity contribution in [3.05, 3.63) is 47.7 Å². The second-order valence-electron chi connectivity index (χ2n) is 4.28. The Morgan fingerprint density at radius 2 is 2.11 bits per heavy atom. The van der Waals surface area contributed by atoms with E-state index in [4.69, 9.17) is 4.52 Å². The molecule has 2 N–H and O–H groups in total. The average molecular weight is 259 g/mol. The highest BCUT2D eigenvalue weighted by molar-refractivity contribution is 5.89. The first-order chi connectivity index (χ1) is 9.24. The average Bonchev–Trinajstić information content (AvgIpc) is 2.81. The Morgan fingerprint density at radius 1 is 1.32 bits per heavy atom. The van der Waals surface area contributed by atoms with Crippen LogP contribution in [0.1, 0.15) is 17.7 Å². The number of hydrogen-bond donors (Lipinski definition) is 2. The van der Waals surface area contributed by atoms with Crippen molar-refractivity contribution in [3.63, 3.8) is 0 Å². The highest BCUT2D eigenvalue weighted by Crippen LogP contribution is 2.06. The third kappa shape index (κ3) is 4.56. The molecule has 19 heavy (non-hydrogen) atoms. The minimum absolute atomic E-state index is 0.0751. The van der Waals surface area contributed by atoms with Gasteiger partial charge in [-0.1, -0.05) is 35.5 Å². The third-order valence-corrected chi connectivity index (χ3v) is 2.60. The van der Waals surface area contributed by atoms with E-state index >= 15 is 0 Å². The Kier molecular flexibility index (Phi) is 4.69. The molecule has 0 fully saturated rings. The normalized spacial score (nSPS) is 10.4. The lowest BCUT2D eigenvalue weighted by atomic mass is 10.2. The van der Waals surface area contributed by atoms with Gasteiger partial charge in [-0.05, 0) is 12.5 Å². The van der Waals surface area contributed by atoms with Gasteiger partial charge in [0, 0.05) is 25.6 Å². The lowest BCUT2D eigenvalue weighted by Crippen LogP contribution is -2.21. The molecule has 0 atom stereocenters. The Hall–Kier alpha value is -2.14. The highest BCUT2D eigenvalue weighted by Gasteiger charge is 2.05. The summed E-state index contributed by atoms with van der Waals surface area (Å²) in [5.41, 5.74) is 1.20. The van der Waals surface area contributed by atoms with Gasteiger partial charge in [0.1, 0.15) is 5.76 Å². The summed E-state index contributed by atoms with van der Waals surface area (Å²) in [6.45, 7) is 3.17. The number of hydrogen-bond acceptors (Lipinski definition) is 4. The van der Waals surface area contributed by atoms with Gasteiger partial charge in [-0.25, -0.2) is 0 Å². The van der Waals surface area contributed by atoms with Crippen LogP contribution in [0.3, 0.4) is 0 Å². The molecule has 0 saturated heterocycles. The van der Waals surface area contributed by atoms with Crippen molar-refractivity contribution >= 4 is 11.7 Å². The molecule has 0 aliphatic carbocycles. The zero-order valence-electron chi connectivity index (χ0n) is 10.8. The van der Waals surface area contributed by atoms with Gasteiger partial charge in [-0.3, -0.25) is 4.79 Å². The number of nitrogens with zero attached hydrogens (tertiary/aromatic N) is 1. The standard InChI is InChI=1S/C14H17N3O2/c1-11-9-13(17-19-11)16-14(18)7-8-15-10-12-5-3-2-4-6-12/h2-6,9,15H,7-8,10H2,1H3,(H,16,17,18). The third-order valence-electron chi connectivity index (χ3n) is 2.60. The summed E-state index contributed by atoms with van der Waals surface area (Å²) in [4.78, 5) is 11.6. The van der Waals surface area contributed by atoms with Gasteiger partial charge in [0.05, 0.1) is 0 Å². The van der Waals surface area contributed by atoms with Crippen LogP contribution >= 0.6 is 0 Å². The molecule has 0 aliphatic rings. The molecule has 0 saturated carbocycles. The van der Waals surface area contributed by atoms with Crippen LogP contribution in [0.2, 0.25) is 0 Å². The molecule has 2 aromatic rings. The van der Waals surface area contributed by atoms with Crippen LogP contribution in [0.25, 0.3) is 0 Å². The van der Waals surface area contributed by atoms with Crippen molar-refractivity contribution in [1.82, 2.24) is 10.5 Å². The fourth-order valence-corrected chi connectivity index (χ4v) is 1.66. The van der Waals surface area contributed by atoms with Crippen molar-refractivity contribution in [2.75, 3.05) is 11.9 Å². The molecule has 2 rings (SSSR count). The summed E-state index contributed by atoms with van der Waals surface area (Å²) in [5, 5.41) is 9.60. The maximum absolute atomic E-state index is 11.6. The first kappa shape index (κ1) is 13.3.